The quantitative estimate of drug-likeness (QED) is 0.742. The topological polar surface area (TPSA) is 66.8 Å². The average molecular weight is 387 g/mol. The molecule has 0 bridgehead atoms. The lowest BCUT2D eigenvalue weighted by atomic mass is 9.96. The summed E-state index contributed by atoms with van der Waals surface area (Å²) in [6.45, 7) is 5.44. The molecular formula is C16H19ClN2O3S2. The van der Waals surface area contributed by atoms with Crippen molar-refractivity contribution in [2.45, 2.75) is 32.1 Å². The lowest BCUT2D eigenvalue weighted by Gasteiger charge is -2.25. The van der Waals surface area contributed by atoms with Gasteiger partial charge in [0.05, 0.1) is 17.5 Å². The van der Waals surface area contributed by atoms with Crippen LogP contribution in [0.2, 0.25) is 5.02 Å². The van der Waals surface area contributed by atoms with E-state index in [0.717, 1.165) is 5.69 Å². The predicted octanol–water partition coefficient (Wildman–Crippen LogP) is 2.99. The van der Waals surface area contributed by atoms with Gasteiger partial charge in [-0.1, -0.05) is 50.2 Å². The van der Waals surface area contributed by atoms with Crippen molar-refractivity contribution in [2.75, 3.05) is 16.4 Å². The Labute approximate surface area is 151 Å². The van der Waals surface area contributed by atoms with Gasteiger partial charge in [0.1, 0.15) is 0 Å². The van der Waals surface area contributed by atoms with Crippen molar-refractivity contribution in [3.05, 3.63) is 29.3 Å². The molecule has 0 saturated carbocycles. The number of sulfone groups is 1. The molecule has 0 N–H and O–H groups in total. The van der Waals surface area contributed by atoms with E-state index in [-0.39, 0.29) is 28.7 Å². The smallest absolute Gasteiger partial charge is 0.253 e. The van der Waals surface area contributed by atoms with Crippen LogP contribution in [0.1, 0.15) is 20.8 Å². The Kier molecular flexibility index (Phi) is 4.47. The molecule has 0 unspecified atom stereocenters. The van der Waals surface area contributed by atoms with Crippen LogP contribution >= 0.6 is 23.4 Å². The Morgan fingerprint density at radius 2 is 2.04 bits per heavy atom. The molecular weight excluding hydrogens is 368 g/mol. The molecule has 3 rings (SSSR count). The number of fused-ring (bicyclic) bond motifs is 1. The van der Waals surface area contributed by atoms with Crippen molar-refractivity contribution in [2.24, 2.45) is 10.4 Å². The van der Waals surface area contributed by atoms with E-state index in [2.05, 4.69) is 4.99 Å². The van der Waals surface area contributed by atoms with Gasteiger partial charge in [-0.25, -0.2) is 8.42 Å². The second-order valence-electron chi connectivity index (χ2n) is 7.10. The van der Waals surface area contributed by atoms with E-state index in [9.17, 15) is 13.2 Å². The number of nitrogens with zero attached hydrogens (tertiary/aromatic N) is 2. The molecule has 2 atom stereocenters. The zero-order chi connectivity index (χ0) is 17.7. The van der Waals surface area contributed by atoms with Gasteiger partial charge in [0.2, 0.25) is 0 Å². The van der Waals surface area contributed by atoms with Gasteiger partial charge in [0, 0.05) is 21.4 Å². The molecule has 0 aromatic heterocycles. The zero-order valence-electron chi connectivity index (χ0n) is 13.7. The molecule has 2 heterocycles. The highest BCUT2D eigenvalue weighted by Crippen LogP contribution is 2.41. The first-order valence-electron chi connectivity index (χ1n) is 7.62. The third-order valence-electron chi connectivity index (χ3n) is 3.99. The minimum Gasteiger partial charge on any atom is -0.316 e. The summed E-state index contributed by atoms with van der Waals surface area (Å²) in [5.74, 6) is -0.0398. The van der Waals surface area contributed by atoms with Gasteiger partial charge < -0.3 is 4.90 Å². The summed E-state index contributed by atoms with van der Waals surface area (Å²) in [5.41, 5.74) is 0.178. The average Bonchev–Trinajstić information content (AvgIpc) is 2.88. The third kappa shape index (κ3) is 3.48. The largest absolute Gasteiger partial charge is 0.316 e. The normalized spacial score (nSPS) is 27.5. The van der Waals surface area contributed by atoms with Gasteiger partial charge in [-0.15, -0.1) is 0 Å². The molecule has 2 aliphatic heterocycles. The maximum Gasteiger partial charge on any atom is 0.253 e. The number of thioether (sulfide) groups is 1. The van der Waals surface area contributed by atoms with Crippen LogP contribution < -0.4 is 4.90 Å². The van der Waals surface area contributed by atoms with Crippen molar-refractivity contribution >= 4 is 50.0 Å². The van der Waals surface area contributed by atoms with Crippen molar-refractivity contribution in [1.82, 2.24) is 0 Å². The summed E-state index contributed by atoms with van der Waals surface area (Å²) in [6.07, 6.45) is 0. The Hall–Kier alpha value is -1.05. The number of rotatable bonds is 1. The van der Waals surface area contributed by atoms with Crippen molar-refractivity contribution in [1.29, 1.82) is 0 Å². The fourth-order valence-corrected chi connectivity index (χ4v) is 6.84. The highest BCUT2D eigenvalue weighted by Gasteiger charge is 2.49. The fraction of sp³-hybridized carbons (Fsp3) is 0.500. The van der Waals surface area contributed by atoms with Gasteiger partial charge in [0.25, 0.3) is 5.91 Å². The molecule has 1 aromatic rings. The lowest BCUT2D eigenvalue weighted by molar-refractivity contribution is -0.124. The van der Waals surface area contributed by atoms with Crippen LogP contribution in [0.3, 0.4) is 0 Å². The number of amides is 1. The number of carbonyl (C=O) groups excluding carboxylic acids is 1. The molecule has 5 nitrogen and oxygen atoms in total. The Balaban J connectivity index is 2.03. The summed E-state index contributed by atoms with van der Waals surface area (Å²) in [5, 5.41) is 1.01. The first kappa shape index (κ1) is 17.8. The number of anilines is 1. The number of hydrogen-bond donors (Lipinski definition) is 0. The Bertz CT molecular complexity index is 815. The number of halogens is 1. The van der Waals surface area contributed by atoms with E-state index in [1.165, 1.54) is 11.8 Å². The summed E-state index contributed by atoms with van der Waals surface area (Å²) in [6, 6.07) is 6.98. The fourth-order valence-electron chi connectivity index (χ4n) is 2.75. The Morgan fingerprint density at radius 1 is 1.33 bits per heavy atom. The first-order valence-corrected chi connectivity index (χ1v) is 10.7. The molecule has 1 aromatic carbocycles. The van der Waals surface area contributed by atoms with E-state index >= 15 is 0 Å². The number of benzene rings is 1. The van der Waals surface area contributed by atoms with Gasteiger partial charge >= 0.3 is 0 Å². The third-order valence-corrected chi connectivity index (χ3v) is 7.44. The molecule has 1 amide bonds. The van der Waals surface area contributed by atoms with Crippen molar-refractivity contribution in [3.63, 3.8) is 0 Å². The number of aliphatic imine (C=N–C) groups is 1. The van der Waals surface area contributed by atoms with Crippen LogP contribution in [0.25, 0.3) is 0 Å². The standard InChI is InChI=1S/C16H19ClN2O3S2/c1-16(2,3)14(20)18-15-19(11-6-4-5-10(17)7-11)12-8-24(21,22)9-13(12)23-15/h4-7,12-13H,8-9H2,1-3H3/t12-,13+/m0/s1. The van der Waals surface area contributed by atoms with Gasteiger partial charge in [0.15, 0.2) is 15.0 Å². The van der Waals surface area contributed by atoms with E-state index < -0.39 is 15.3 Å². The minimum atomic E-state index is -3.07. The number of amidine groups is 1. The summed E-state index contributed by atoms with van der Waals surface area (Å²) < 4.78 is 24.0. The van der Waals surface area contributed by atoms with Crippen molar-refractivity contribution < 1.29 is 13.2 Å². The molecule has 0 aliphatic carbocycles. The van der Waals surface area contributed by atoms with Crippen LogP contribution in [0.4, 0.5) is 5.69 Å². The number of hydrogen-bond acceptors (Lipinski definition) is 4. The Morgan fingerprint density at radius 3 is 2.67 bits per heavy atom. The van der Waals surface area contributed by atoms with Crippen LogP contribution in [0.15, 0.2) is 29.3 Å². The predicted molar refractivity (Wildman–Crippen MR) is 99.6 cm³/mol. The van der Waals surface area contributed by atoms with E-state index in [1.807, 2.05) is 37.8 Å². The highest BCUT2D eigenvalue weighted by molar-refractivity contribution is 8.16. The minimum absolute atomic E-state index is 0.0694. The summed E-state index contributed by atoms with van der Waals surface area (Å²) >= 11 is 7.46. The van der Waals surface area contributed by atoms with Crippen molar-refractivity contribution in [3.8, 4) is 0 Å². The van der Waals surface area contributed by atoms with Crippen LogP contribution in [-0.4, -0.2) is 42.3 Å². The molecule has 0 spiro atoms. The van der Waals surface area contributed by atoms with Gasteiger partial charge in [-0.05, 0) is 18.2 Å². The molecule has 0 radical (unpaired) electrons. The molecule has 2 aliphatic rings. The summed E-state index contributed by atoms with van der Waals surface area (Å²) in [4.78, 5) is 18.5. The maximum absolute atomic E-state index is 12.3. The molecule has 8 heteroatoms. The lowest BCUT2D eigenvalue weighted by Crippen LogP contribution is -2.38. The van der Waals surface area contributed by atoms with Crippen LogP contribution in [-0.2, 0) is 14.6 Å². The monoisotopic (exact) mass is 386 g/mol. The molecule has 24 heavy (non-hydrogen) atoms. The molecule has 2 saturated heterocycles. The second kappa shape index (κ2) is 6.04. The second-order valence-corrected chi connectivity index (χ2v) is 10.9. The molecule has 130 valence electrons. The SMILES string of the molecule is CC(C)(C)C(=O)N=C1S[C@@H]2CS(=O)(=O)C[C@@H]2N1c1cccc(Cl)c1. The van der Waals surface area contributed by atoms with Gasteiger partial charge in [-0.3, -0.25) is 4.79 Å². The van der Waals surface area contributed by atoms with E-state index in [4.69, 9.17) is 11.6 Å². The van der Waals surface area contributed by atoms with Gasteiger partial charge in [-0.2, -0.15) is 4.99 Å². The highest BCUT2D eigenvalue weighted by atomic mass is 35.5. The summed E-state index contributed by atoms with van der Waals surface area (Å²) in [7, 11) is -3.07. The first-order chi connectivity index (χ1) is 11.1. The maximum atomic E-state index is 12.3. The zero-order valence-corrected chi connectivity index (χ0v) is 16.1. The molecule has 2 fully saturated rings. The number of carbonyl (C=O) groups is 1. The van der Waals surface area contributed by atoms with E-state index in [0.29, 0.717) is 10.2 Å². The van der Waals surface area contributed by atoms with Crippen LogP contribution in [0, 0.1) is 5.41 Å². The van der Waals surface area contributed by atoms with Crippen LogP contribution in [0.5, 0.6) is 0 Å². The van der Waals surface area contributed by atoms with E-state index in [1.54, 1.807) is 12.1 Å².